The molecule has 0 radical (unpaired) electrons. The van der Waals surface area contributed by atoms with E-state index < -0.39 is 0 Å². The molecule has 0 saturated carbocycles. The van der Waals surface area contributed by atoms with Crippen LogP contribution in [0.3, 0.4) is 0 Å². The Morgan fingerprint density at radius 2 is 1.59 bits per heavy atom. The zero-order valence-corrected chi connectivity index (χ0v) is 16.7. The van der Waals surface area contributed by atoms with Crippen LogP contribution in [0.5, 0.6) is 0 Å². The van der Waals surface area contributed by atoms with Crippen molar-refractivity contribution in [2.45, 2.75) is 25.8 Å². The van der Waals surface area contributed by atoms with E-state index in [1.807, 2.05) is 79.7 Å². The zero-order chi connectivity index (χ0) is 20.1. The van der Waals surface area contributed by atoms with Gasteiger partial charge in [-0.25, -0.2) is 0 Å². The van der Waals surface area contributed by atoms with Gasteiger partial charge in [-0.3, -0.25) is 4.79 Å². The quantitative estimate of drug-likeness (QED) is 0.713. The van der Waals surface area contributed by atoms with Gasteiger partial charge in [0.05, 0.1) is 11.7 Å². The predicted octanol–water partition coefficient (Wildman–Crippen LogP) is 4.24. The van der Waals surface area contributed by atoms with Gasteiger partial charge < -0.3 is 10.2 Å². The Morgan fingerprint density at radius 3 is 2.21 bits per heavy atom. The van der Waals surface area contributed by atoms with Crippen LogP contribution >= 0.6 is 0 Å². The molecule has 148 valence electrons. The number of piperidine rings is 1. The summed E-state index contributed by atoms with van der Waals surface area (Å²) in [5, 5.41) is 12.0. The summed E-state index contributed by atoms with van der Waals surface area (Å²) >= 11 is 0. The Kier molecular flexibility index (Phi) is 5.84. The predicted molar refractivity (Wildman–Crippen MR) is 115 cm³/mol. The molecule has 1 aliphatic heterocycles. The highest BCUT2D eigenvalue weighted by atomic mass is 16.1. The summed E-state index contributed by atoms with van der Waals surface area (Å²) in [7, 11) is 0. The summed E-state index contributed by atoms with van der Waals surface area (Å²) in [4.78, 5) is 14.9. The Bertz CT molecular complexity index is 920. The summed E-state index contributed by atoms with van der Waals surface area (Å²) in [5.41, 5.74) is 3.07. The molecule has 0 bridgehead atoms. The second-order valence-electron chi connectivity index (χ2n) is 7.55. The number of amides is 1. The van der Waals surface area contributed by atoms with E-state index in [9.17, 15) is 4.79 Å². The number of benzene rings is 2. The highest BCUT2D eigenvalue weighted by Gasteiger charge is 2.26. The van der Waals surface area contributed by atoms with Gasteiger partial charge >= 0.3 is 0 Å². The maximum Gasteiger partial charge on any atom is 0.223 e. The minimum Gasteiger partial charge on any atom is -0.355 e. The highest BCUT2D eigenvalue weighted by Crippen LogP contribution is 2.24. The van der Waals surface area contributed by atoms with E-state index in [4.69, 9.17) is 0 Å². The van der Waals surface area contributed by atoms with Crippen molar-refractivity contribution in [3.05, 3.63) is 78.4 Å². The standard InChI is InChI=1S/C24H26N4O/c1-18(19-8-4-2-5-9-19)25-24(29)21-14-16-28(17-15-21)23-13-12-22(26-27-23)20-10-6-3-7-11-20/h2-13,18,21H,14-17H2,1H3,(H,25,29). The van der Waals surface area contributed by atoms with Crippen LogP contribution in [-0.4, -0.2) is 29.2 Å². The van der Waals surface area contributed by atoms with Gasteiger partial charge in [0.1, 0.15) is 0 Å². The van der Waals surface area contributed by atoms with E-state index in [2.05, 4.69) is 20.4 Å². The fourth-order valence-corrected chi connectivity index (χ4v) is 3.78. The number of hydrogen-bond donors (Lipinski definition) is 1. The molecule has 5 nitrogen and oxygen atoms in total. The topological polar surface area (TPSA) is 58.1 Å². The lowest BCUT2D eigenvalue weighted by molar-refractivity contribution is -0.126. The third-order valence-corrected chi connectivity index (χ3v) is 5.57. The minimum atomic E-state index is 0.0260. The van der Waals surface area contributed by atoms with Crippen LogP contribution < -0.4 is 10.2 Å². The molecule has 29 heavy (non-hydrogen) atoms. The van der Waals surface area contributed by atoms with Gasteiger partial charge in [0.15, 0.2) is 5.82 Å². The molecule has 4 rings (SSSR count). The van der Waals surface area contributed by atoms with Crippen LogP contribution in [-0.2, 0) is 4.79 Å². The molecule has 3 aromatic rings. The molecule has 1 N–H and O–H groups in total. The molecule has 2 heterocycles. The molecule has 1 aromatic heterocycles. The lowest BCUT2D eigenvalue weighted by Crippen LogP contribution is -2.41. The van der Waals surface area contributed by atoms with Crippen molar-refractivity contribution < 1.29 is 4.79 Å². The van der Waals surface area contributed by atoms with Gasteiger partial charge in [-0.1, -0.05) is 60.7 Å². The maximum absolute atomic E-state index is 12.7. The number of nitrogens with zero attached hydrogens (tertiary/aromatic N) is 3. The van der Waals surface area contributed by atoms with E-state index in [0.717, 1.165) is 48.6 Å². The van der Waals surface area contributed by atoms with Gasteiger partial charge in [-0.2, -0.15) is 0 Å². The average Bonchev–Trinajstić information content (AvgIpc) is 2.80. The third-order valence-electron chi connectivity index (χ3n) is 5.57. The van der Waals surface area contributed by atoms with Gasteiger partial charge in [-0.05, 0) is 37.5 Å². The number of hydrogen-bond acceptors (Lipinski definition) is 4. The van der Waals surface area contributed by atoms with Crippen molar-refractivity contribution in [2.24, 2.45) is 5.92 Å². The molecule has 1 amide bonds. The van der Waals surface area contributed by atoms with E-state index in [0.29, 0.717) is 0 Å². The minimum absolute atomic E-state index is 0.0260. The number of nitrogens with one attached hydrogen (secondary N) is 1. The van der Waals surface area contributed by atoms with Crippen molar-refractivity contribution in [1.29, 1.82) is 0 Å². The van der Waals surface area contributed by atoms with Gasteiger partial charge in [0.25, 0.3) is 0 Å². The van der Waals surface area contributed by atoms with Crippen molar-refractivity contribution in [3.8, 4) is 11.3 Å². The van der Waals surface area contributed by atoms with Gasteiger partial charge in [-0.15, -0.1) is 10.2 Å². The number of rotatable bonds is 5. The molecular formula is C24H26N4O. The van der Waals surface area contributed by atoms with Crippen LogP contribution in [0.2, 0.25) is 0 Å². The van der Waals surface area contributed by atoms with Gasteiger partial charge in [0.2, 0.25) is 5.91 Å². The normalized spacial score (nSPS) is 15.7. The lowest BCUT2D eigenvalue weighted by Gasteiger charge is -2.32. The SMILES string of the molecule is CC(NC(=O)C1CCN(c2ccc(-c3ccccc3)nn2)CC1)c1ccccc1. The smallest absolute Gasteiger partial charge is 0.223 e. The first-order valence-electron chi connectivity index (χ1n) is 10.2. The Labute approximate surface area is 171 Å². The van der Waals surface area contributed by atoms with Crippen LogP contribution in [0.4, 0.5) is 5.82 Å². The maximum atomic E-state index is 12.7. The largest absolute Gasteiger partial charge is 0.355 e. The Hall–Kier alpha value is -3.21. The summed E-state index contributed by atoms with van der Waals surface area (Å²) in [6, 6.07) is 24.2. The zero-order valence-electron chi connectivity index (χ0n) is 16.7. The average molecular weight is 386 g/mol. The van der Waals surface area contributed by atoms with Crippen molar-refractivity contribution in [3.63, 3.8) is 0 Å². The molecule has 5 heteroatoms. The van der Waals surface area contributed by atoms with Crippen LogP contribution in [0.1, 0.15) is 31.4 Å². The summed E-state index contributed by atoms with van der Waals surface area (Å²) in [6.45, 7) is 3.67. The first-order valence-corrected chi connectivity index (χ1v) is 10.2. The Balaban J connectivity index is 1.31. The van der Waals surface area contributed by atoms with Gasteiger partial charge in [0, 0.05) is 24.6 Å². The van der Waals surface area contributed by atoms with E-state index in [1.165, 1.54) is 0 Å². The number of anilines is 1. The van der Waals surface area contributed by atoms with Crippen molar-refractivity contribution >= 4 is 11.7 Å². The molecule has 0 spiro atoms. The number of aromatic nitrogens is 2. The summed E-state index contributed by atoms with van der Waals surface area (Å²) in [6.07, 6.45) is 1.66. The van der Waals surface area contributed by atoms with E-state index in [-0.39, 0.29) is 17.9 Å². The Morgan fingerprint density at radius 1 is 0.931 bits per heavy atom. The van der Waals surface area contributed by atoms with Crippen LogP contribution in [0.15, 0.2) is 72.8 Å². The van der Waals surface area contributed by atoms with Crippen LogP contribution in [0.25, 0.3) is 11.3 Å². The third kappa shape index (κ3) is 4.62. The van der Waals surface area contributed by atoms with Crippen molar-refractivity contribution in [1.82, 2.24) is 15.5 Å². The highest BCUT2D eigenvalue weighted by molar-refractivity contribution is 5.79. The molecule has 0 aliphatic carbocycles. The first kappa shape index (κ1) is 19.1. The fraction of sp³-hybridized carbons (Fsp3) is 0.292. The molecule has 1 unspecified atom stereocenters. The van der Waals surface area contributed by atoms with Crippen molar-refractivity contribution in [2.75, 3.05) is 18.0 Å². The molecular weight excluding hydrogens is 360 g/mol. The van der Waals surface area contributed by atoms with Crippen LogP contribution in [0, 0.1) is 5.92 Å². The number of carbonyl (C=O) groups excluding carboxylic acids is 1. The molecule has 2 aromatic carbocycles. The fourth-order valence-electron chi connectivity index (χ4n) is 3.78. The molecule has 1 aliphatic rings. The van der Waals surface area contributed by atoms with E-state index >= 15 is 0 Å². The lowest BCUT2D eigenvalue weighted by atomic mass is 9.95. The van der Waals surface area contributed by atoms with E-state index in [1.54, 1.807) is 0 Å². The monoisotopic (exact) mass is 386 g/mol. The summed E-state index contributed by atoms with van der Waals surface area (Å²) in [5.74, 6) is 1.07. The first-order chi connectivity index (χ1) is 14.2. The second kappa shape index (κ2) is 8.86. The molecule has 1 fully saturated rings. The summed E-state index contributed by atoms with van der Waals surface area (Å²) < 4.78 is 0. The number of carbonyl (C=O) groups is 1. The molecule has 1 atom stereocenters. The second-order valence-corrected chi connectivity index (χ2v) is 7.55. The molecule has 1 saturated heterocycles.